The van der Waals surface area contributed by atoms with Crippen molar-refractivity contribution >= 4 is 17.5 Å². The zero-order chi connectivity index (χ0) is 20.8. The molecule has 0 saturated carbocycles. The van der Waals surface area contributed by atoms with Gasteiger partial charge < -0.3 is 14.4 Å². The third kappa shape index (κ3) is 5.30. The Morgan fingerprint density at radius 3 is 2.48 bits per heavy atom. The molecule has 0 radical (unpaired) electrons. The van der Waals surface area contributed by atoms with E-state index in [9.17, 15) is 4.79 Å². The maximum atomic E-state index is 12.9. The molecule has 0 unspecified atom stereocenters. The van der Waals surface area contributed by atoms with Gasteiger partial charge in [0.1, 0.15) is 18.1 Å². The van der Waals surface area contributed by atoms with E-state index in [0.717, 1.165) is 16.7 Å². The molecule has 150 valence electrons. The summed E-state index contributed by atoms with van der Waals surface area (Å²) in [5.41, 5.74) is 3.43. The molecule has 0 N–H and O–H groups in total. The molecule has 5 heteroatoms. The molecule has 0 atom stereocenters. The predicted molar refractivity (Wildman–Crippen MR) is 116 cm³/mol. The van der Waals surface area contributed by atoms with E-state index >= 15 is 0 Å². The standard InChI is InChI=1S/C24H24ClNO3/c1-17-13-21(10-11-22(17)25)29-16-20-14-19(9-12-23(20)28-3)24(27)26(2)15-18-7-5-4-6-8-18/h4-14H,15-16H2,1-3H3. The Balaban J connectivity index is 1.75. The molecule has 0 fully saturated rings. The number of carbonyl (C=O) groups excluding carboxylic acids is 1. The summed E-state index contributed by atoms with van der Waals surface area (Å²) in [7, 11) is 3.40. The summed E-state index contributed by atoms with van der Waals surface area (Å²) in [6.45, 7) is 2.76. The highest BCUT2D eigenvalue weighted by Gasteiger charge is 2.15. The molecule has 0 aliphatic heterocycles. The van der Waals surface area contributed by atoms with Crippen LogP contribution in [0, 0.1) is 6.92 Å². The molecule has 0 bridgehead atoms. The molecular weight excluding hydrogens is 386 g/mol. The summed E-state index contributed by atoms with van der Waals surface area (Å²) >= 11 is 6.07. The number of ether oxygens (including phenoxy) is 2. The quantitative estimate of drug-likeness (QED) is 0.516. The van der Waals surface area contributed by atoms with Crippen LogP contribution in [0.15, 0.2) is 66.7 Å². The fourth-order valence-electron chi connectivity index (χ4n) is 3.04. The number of methoxy groups -OCH3 is 1. The van der Waals surface area contributed by atoms with E-state index in [1.165, 1.54) is 0 Å². The number of halogens is 1. The Hall–Kier alpha value is -2.98. The zero-order valence-electron chi connectivity index (χ0n) is 16.8. The first-order valence-corrected chi connectivity index (χ1v) is 9.71. The van der Waals surface area contributed by atoms with Crippen LogP contribution in [0.5, 0.6) is 11.5 Å². The number of amides is 1. The van der Waals surface area contributed by atoms with Crippen molar-refractivity contribution < 1.29 is 14.3 Å². The van der Waals surface area contributed by atoms with Gasteiger partial charge in [0.15, 0.2) is 0 Å². The maximum Gasteiger partial charge on any atom is 0.253 e. The molecule has 0 heterocycles. The van der Waals surface area contributed by atoms with Crippen LogP contribution < -0.4 is 9.47 Å². The van der Waals surface area contributed by atoms with E-state index in [4.69, 9.17) is 21.1 Å². The normalized spacial score (nSPS) is 10.5. The van der Waals surface area contributed by atoms with E-state index in [0.29, 0.717) is 28.6 Å². The molecule has 0 saturated heterocycles. The molecule has 0 spiro atoms. The van der Waals surface area contributed by atoms with E-state index in [1.807, 2.05) is 61.5 Å². The lowest BCUT2D eigenvalue weighted by Gasteiger charge is -2.19. The number of hydrogen-bond acceptors (Lipinski definition) is 3. The highest BCUT2D eigenvalue weighted by molar-refractivity contribution is 6.31. The van der Waals surface area contributed by atoms with Gasteiger partial charge in [0.2, 0.25) is 0 Å². The molecular formula is C24H24ClNO3. The average molecular weight is 410 g/mol. The number of rotatable bonds is 7. The number of benzene rings is 3. The largest absolute Gasteiger partial charge is 0.496 e. The summed E-state index contributed by atoms with van der Waals surface area (Å²) in [4.78, 5) is 14.6. The summed E-state index contributed by atoms with van der Waals surface area (Å²) < 4.78 is 11.3. The van der Waals surface area contributed by atoms with Crippen LogP contribution in [0.1, 0.15) is 27.0 Å². The van der Waals surface area contributed by atoms with E-state index in [2.05, 4.69) is 0 Å². The third-order valence-corrected chi connectivity index (χ3v) is 5.08. The lowest BCUT2D eigenvalue weighted by molar-refractivity contribution is 0.0785. The lowest BCUT2D eigenvalue weighted by atomic mass is 10.1. The van der Waals surface area contributed by atoms with Gasteiger partial charge in [-0.1, -0.05) is 41.9 Å². The number of hydrogen-bond donors (Lipinski definition) is 0. The Morgan fingerprint density at radius 2 is 1.79 bits per heavy atom. The second-order valence-corrected chi connectivity index (χ2v) is 7.28. The van der Waals surface area contributed by atoms with Crippen molar-refractivity contribution in [1.82, 2.24) is 4.90 Å². The first kappa shape index (κ1) is 20.7. The number of carbonyl (C=O) groups is 1. The van der Waals surface area contributed by atoms with Gasteiger partial charge in [0, 0.05) is 29.7 Å². The van der Waals surface area contributed by atoms with Crippen LogP contribution in [-0.4, -0.2) is 25.0 Å². The minimum atomic E-state index is -0.0555. The number of aryl methyl sites for hydroxylation is 1. The molecule has 29 heavy (non-hydrogen) atoms. The molecule has 0 aromatic heterocycles. The van der Waals surface area contributed by atoms with Gasteiger partial charge in [0.05, 0.1) is 7.11 Å². The van der Waals surface area contributed by atoms with Gasteiger partial charge in [-0.2, -0.15) is 0 Å². The highest BCUT2D eigenvalue weighted by Crippen LogP contribution is 2.25. The highest BCUT2D eigenvalue weighted by atomic mass is 35.5. The summed E-state index contributed by atoms with van der Waals surface area (Å²) in [5.74, 6) is 1.34. The van der Waals surface area contributed by atoms with Gasteiger partial charge in [-0.15, -0.1) is 0 Å². The number of nitrogens with zero attached hydrogens (tertiary/aromatic N) is 1. The molecule has 0 aliphatic rings. The van der Waals surface area contributed by atoms with Crippen LogP contribution in [-0.2, 0) is 13.2 Å². The third-order valence-electron chi connectivity index (χ3n) is 4.66. The summed E-state index contributed by atoms with van der Waals surface area (Å²) in [6.07, 6.45) is 0. The van der Waals surface area contributed by atoms with Crippen molar-refractivity contribution in [2.45, 2.75) is 20.1 Å². The predicted octanol–water partition coefficient (Wildman–Crippen LogP) is 5.51. The van der Waals surface area contributed by atoms with Crippen molar-refractivity contribution in [1.29, 1.82) is 0 Å². The minimum Gasteiger partial charge on any atom is -0.496 e. The van der Waals surface area contributed by atoms with E-state index in [-0.39, 0.29) is 12.5 Å². The van der Waals surface area contributed by atoms with Gasteiger partial charge in [0.25, 0.3) is 5.91 Å². The van der Waals surface area contributed by atoms with Gasteiger partial charge in [-0.3, -0.25) is 4.79 Å². The van der Waals surface area contributed by atoms with Crippen LogP contribution in [0.4, 0.5) is 0 Å². The Labute approximate surface area is 176 Å². The minimum absolute atomic E-state index is 0.0555. The monoisotopic (exact) mass is 409 g/mol. The van der Waals surface area contributed by atoms with Crippen LogP contribution >= 0.6 is 11.6 Å². The van der Waals surface area contributed by atoms with Crippen LogP contribution in [0.25, 0.3) is 0 Å². The first-order chi connectivity index (χ1) is 14.0. The van der Waals surface area contributed by atoms with Crippen LogP contribution in [0.3, 0.4) is 0 Å². The second-order valence-electron chi connectivity index (χ2n) is 6.87. The van der Waals surface area contributed by atoms with Crippen molar-refractivity contribution in [3.63, 3.8) is 0 Å². The molecule has 3 aromatic carbocycles. The Bertz CT molecular complexity index is 989. The SMILES string of the molecule is COc1ccc(C(=O)N(C)Cc2ccccc2)cc1COc1ccc(Cl)c(C)c1. The summed E-state index contributed by atoms with van der Waals surface area (Å²) in [6, 6.07) is 20.8. The lowest BCUT2D eigenvalue weighted by Crippen LogP contribution is -2.26. The van der Waals surface area contributed by atoms with Crippen molar-refractivity contribution in [2.75, 3.05) is 14.2 Å². The topological polar surface area (TPSA) is 38.8 Å². The van der Waals surface area contributed by atoms with Crippen molar-refractivity contribution in [2.24, 2.45) is 0 Å². The van der Waals surface area contributed by atoms with Crippen molar-refractivity contribution in [3.05, 3.63) is 94.0 Å². The first-order valence-electron chi connectivity index (χ1n) is 9.33. The summed E-state index contributed by atoms with van der Waals surface area (Å²) in [5, 5.41) is 0.698. The maximum absolute atomic E-state index is 12.9. The second kappa shape index (κ2) is 9.48. The molecule has 3 rings (SSSR count). The fraction of sp³-hybridized carbons (Fsp3) is 0.208. The smallest absolute Gasteiger partial charge is 0.253 e. The van der Waals surface area contributed by atoms with Gasteiger partial charge >= 0.3 is 0 Å². The fourth-order valence-corrected chi connectivity index (χ4v) is 3.16. The Kier molecular flexibility index (Phi) is 6.78. The molecule has 0 aliphatic carbocycles. The molecule has 4 nitrogen and oxygen atoms in total. The van der Waals surface area contributed by atoms with E-state index in [1.54, 1.807) is 31.2 Å². The van der Waals surface area contributed by atoms with Crippen molar-refractivity contribution in [3.8, 4) is 11.5 Å². The van der Waals surface area contributed by atoms with Crippen LogP contribution in [0.2, 0.25) is 5.02 Å². The average Bonchev–Trinajstić information content (AvgIpc) is 2.74. The van der Waals surface area contributed by atoms with E-state index < -0.39 is 0 Å². The molecule has 3 aromatic rings. The van der Waals surface area contributed by atoms with Gasteiger partial charge in [-0.05, 0) is 54.4 Å². The Morgan fingerprint density at radius 1 is 1.03 bits per heavy atom. The van der Waals surface area contributed by atoms with Gasteiger partial charge in [-0.25, -0.2) is 0 Å². The molecule has 1 amide bonds. The zero-order valence-corrected chi connectivity index (χ0v) is 17.6.